The number of hydrogen-bond donors (Lipinski definition) is 4. The van der Waals surface area contributed by atoms with Crippen molar-refractivity contribution in [3.05, 3.63) is 0 Å². The van der Waals surface area contributed by atoms with Gasteiger partial charge in [-0.1, -0.05) is 13.3 Å². The van der Waals surface area contributed by atoms with E-state index in [2.05, 4.69) is 12.2 Å². The maximum absolute atomic E-state index is 11.2. The highest BCUT2D eigenvalue weighted by molar-refractivity contribution is 7.99. The number of unbranched alkanes of at least 4 members (excludes halogenated alkanes) is 1. The molecule has 19 heavy (non-hydrogen) atoms. The van der Waals surface area contributed by atoms with Gasteiger partial charge in [0.1, 0.15) is 23.7 Å². The molecule has 1 aliphatic heterocycles. The molecule has 0 saturated carbocycles. The van der Waals surface area contributed by atoms with Crippen molar-refractivity contribution in [3.8, 4) is 0 Å². The first-order chi connectivity index (χ1) is 9.01. The number of amides is 1. The van der Waals surface area contributed by atoms with Crippen LogP contribution >= 0.6 is 11.8 Å². The average Bonchev–Trinajstić information content (AvgIpc) is 2.37. The monoisotopic (exact) mass is 293 g/mol. The second-order valence-electron chi connectivity index (χ2n) is 4.66. The molecule has 1 saturated heterocycles. The standard InChI is InChI=1S/C12H23NO5S/c1-3-4-5-19-12-9(13-7(2)15)11(17)10(16)8(6-14)18-12/h8-12,14,16-17H,3-6H2,1-2H3,(H,13,15)/t8-,9-,10-,11-,12+/m1/s1. The molecule has 0 radical (unpaired) electrons. The third kappa shape index (κ3) is 4.61. The highest BCUT2D eigenvalue weighted by Gasteiger charge is 2.44. The van der Waals surface area contributed by atoms with Crippen LogP contribution in [0.3, 0.4) is 0 Å². The Hall–Kier alpha value is -0.340. The SMILES string of the molecule is CCCCS[C@@H]1O[C@H](CO)[C@@H](O)[C@H](O)[C@H]1NC(C)=O. The van der Waals surface area contributed by atoms with E-state index in [4.69, 9.17) is 9.84 Å². The van der Waals surface area contributed by atoms with E-state index < -0.39 is 29.8 Å². The molecule has 5 atom stereocenters. The van der Waals surface area contributed by atoms with Crippen LogP contribution in [0.4, 0.5) is 0 Å². The maximum Gasteiger partial charge on any atom is 0.217 e. The molecule has 1 aliphatic rings. The predicted molar refractivity (Wildman–Crippen MR) is 72.7 cm³/mol. The molecule has 1 heterocycles. The van der Waals surface area contributed by atoms with Crippen molar-refractivity contribution in [1.29, 1.82) is 0 Å². The van der Waals surface area contributed by atoms with Crippen molar-refractivity contribution in [2.45, 2.75) is 56.5 Å². The molecule has 1 amide bonds. The Morgan fingerprint density at radius 3 is 2.58 bits per heavy atom. The molecule has 0 aromatic rings. The molecule has 0 bridgehead atoms. The highest BCUT2D eigenvalue weighted by Crippen LogP contribution is 2.29. The number of aliphatic hydroxyl groups excluding tert-OH is 3. The molecule has 0 aromatic heterocycles. The van der Waals surface area contributed by atoms with E-state index in [1.807, 2.05) is 0 Å². The lowest BCUT2D eigenvalue weighted by Crippen LogP contribution is -2.63. The lowest BCUT2D eigenvalue weighted by Gasteiger charge is -2.42. The fourth-order valence-corrected chi connectivity index (χ4v) is 3.30. The van der Waals surface area contributed by atoms with Crippen LogP contribution < -0.4 is 5.32 Å². The summed E-state index contributed by atoms with van der Waals surface area (Å²) in [5.41, 5.74) is -0.467. The van der Waals surface area contributed by atoms with Crippen LogP contribution in [0.1, 0.15) is 26.7 Å². The van der Waals surface area contributed by atoms with Gasteiger partial charge in [0, 0.05) is 6.92 Å². The van der Waals surface area contributed by atoms with Gasteiger partial charge in [0.2, 0.25) is 5.91 Å². The summed E-state index contributed by atoms with van der Waals surface area (Å²) in [6, 6.07) is -0.669. The van der Waals surface area contributed by atoms with Gasteiger partial charge in [-0.2, -0.15) is 0 Å². The summed E-state index contributed by atoms with van der Waals surface area (Å²) in [6.07, 6.45) is -1.13. The van der Waals surface area contributed by atoms with Crippen molar-refractivity contribution in [2.75, 3.05) is 12.4 Å². The lowest BCUT2D eigenvalue weighted by molar-refractivity contribution is -0.173. The van der Waals surface area contributed by atoms with E-state index in [-0.39, 0.29) is 12.5 Å². The van der Waals surface area contributed by atoms with Crippen LogP contribution in [0, 0.1) is 0 Å². The summed E-state index contributed by atoms with van der Waals surface area (Å²) in [6.45, 7) is 3.06. The molecular formula is C12H23NO5S. The Labute approximate surface area is 117 Å². The Morgan fingerprint density at radius 1 is 1.37 bits per heavy atom. The summed E-state index contributed by atoms with van der Waals surface area (Å²) >= 11 is 1.48. The molecule has 0 aliphatic carbocycles. The average molecular weight is 293 g/mol. The van der Waals surface area contributed by atoms with Crippen LogP contribution in [0.5, 0.6) is 0 Å². The van der Waals surface area contributed by atoms with E-state index >= 15 is 0 Å². The quantitative estimate of drug-likeness (QED) is 0.491. The zero-order valence-electron chi connectivity index (χ0n) is 11.3. The molecule has 0 spiro atoms. The van der Waals surface area contributed by atoms with Gasteiger partial charge in [-0.3, -0.25) is 4.79 Å². The molecule has 1 rings (SSSR count). The van der Waals surface area contributed by atoms with Crippen LogP contribution in [-0.2, 0) is 9.53 Å². The van der Waals surface area contributed by atoms with E-state index in [0.717, 1.165) is 18.6 Å². The topological polar surface area (TPSA) is 99.0 Å². The van der Waals surface area contributed by atoms with Gasteiger partial charge in [0.25, 0.3) is 0 Å². The molecule has 0 aromatic carbocycles. The van der Waals surface area contributed by atoms with Crippen molar-refractivity contribution >= 4 is 17.7 Å². The van der Waals surface area contributed by atoms with Gasteiger partial charge in [-0.05, 0) is 12.2 Å². The van der Waals surface area contributed by atoms with Gasteiger partial charge in [0.05, 0.1) is 12.6 Å². The molecular weight excluding hydrogens is 270 g/mol. The lowest BCUT2D eigenvalue weighted by atomic mass is 9.98. The molecule has 112 valence electrons. The fraction of sp³-hybridized carbons (Fsp3) is 0.917. The number of ether oxygens (including phenoxy) is 1. The molecule has 7 heteroatoms. The number of hydrogen-bond acceptors (Lipinski definition) is 6. The first-order valence-corrected chi connectivity index (χ1v) is 7.57. The fourth-order valence-electron chi connectivity index (χ4n) is 1.96. The normalized spacial score (nSPS) is 35.1. The summed E-state index contributed by atoms with van der Waals surface area (Å²) in [5, 5.41) is 31.6. The maximum atomic E-state index is 11.2. The van der Waals surface area contributed by atoms with E-state index in [1.165, 1.54) is 18.7 Å². The largest absolute Gasteiger partial charge is 0.394 e. The van der Waals surface area contributed by atoms with Gasteiger partial charge in [0.15, 0.2) is 0 Å². The van der Waals surface area contributed by atoms with Crippen LogP contribution in [-0.4, -0.2) is 63.4 Å². The second-order valence-corrected chi connectivity index (χ2v) is 5.86. The number of thioether (sulfide) groups is 1. The minimum Gasteiger partial charge on any atom is -0.394 e. The zero-order valence-corrected chi connectivity index (χ0v) is 12.1. The van der Waals surface area contributed by atoms with Gasteiger partial charge in [-0.15, -0.1) is 11.8 Å². The van der Waals surface area contributed by atoms with Gasteiger partial charge in [-0.25, -0.2) is 0 Å². The number of rotatable bonds is 6. The molecule has 4 N–H and O–H groups in total. The van der Waals surface area contributed by atoms with Crippen LogP contribution in [0.2, 0.25) is 0 Å². The van der Waals surface area contributed by atoms with E-state index in [1.54, 1.807) is 0 Å². The smallest absolute Gasteiger partial charge is 0.217 e. The number of aliphatic hydroxyl groups is 3. The van der Waals surface area contributed by atoms with Crippen molar-refractivity contribution in [3.63, 3.8) is 0 Å². The summed E-state index contributed by atoms with van der Waals surface area (Å²) in [5.74, 6) is 0.543. The Morgan fingerprint density at radius 2 is 2.05 bits per heavy atom. The highest BCUT2D eigenvalue weighted by atomic mass is 32.2. The van der Waals surface area contributed by atoms with Crippen molar-refractivity contribution in [1.82, 2.24) is 5.32 Å². The Bertz CT molecular complexity index is 291. The number of carbonyl (C=O) groups excluding carboxylic acids is 1. The van der Waals surface area contributed by atoms with Crippen molar-refractivity contribution < 1.29 is 24.9 Å². The van der Waals surface area contributed by atoms with Gasteiger partial charge >= 0.3 is 0 Å². The summed E-state index contributed by atoms with van der Waals surface area (Å²) in [4.78, 5) is 11.2. The Balaban J connectivity index is 2.71. The van der Waals surface area contributed by atoms with E-state index in [0.29, 0.717) is 0 Å². The number of carbonyl (C=O) groups is 1. The first kappa shape index (κ1) is 16.7. The predicted octanol–water partition coefficient (Wildman–Crippen LogP) is -0.537. The third-order valence-electron chi connectivity index (χ3n) is 3.03. The summed E-state index contributed by atoms with van der Waals surface area (Å²) in [7, 11) is 0. The Kier molecular flexibility index (Phi) is 7.09. The second kappa shape index (κ2) is 8.06. The number of nitrogens with one attached hydrogen (secondary N) is 1. The van der Waals surface area contributed by atoms with E-state index in [9.17, 15) is 15.0 Å². The minimum atomic E-state index is -1.20. The minimum absolute atomic E-state index is 0.289. The first-order valence-electron chi connectivity index (χ1n) is 6.52. The summed E-state index contributed by atoms with van der Waals surface area (Å²) < 4.78 is 5.57. The van der Waals surface area contributed by atoms with Gasteiger partial charge < -0.3 is 25.4 Å². The zero-order chi connectivity index (χ0) is 14.4. The molecule has 0 unspecified atom stereocenters. The molecule has 6 nitrogen and oxygen atoms in total. The third-order valence-corrected chi connectivity index (χ3v) is 4.29. The molecule has 1 fully saturated rings. The van der Waals surface area contributed by atoms with Crippen LogP contribution in [0.25, 0.3) is 0 Å². The van der Waals surface area contributed by atoms with Crippen LogP contribution in [0.15, 0.2) is 0 Å². The van der Waals surface area contributed by atoms with Crippen molar-refractivity contribution in [2.24, 2.45) is 0 Å².